The molecule has 0 amide bonds. The number of rotatable bonds is 23. The summed E-state index contributed by atoms with van der Waals surface area (Å²) in [5.41, 5.74) is -2.74. The maximum atomic E-state index is 11.7. The molecule has 13 heteroatoms. The van der Waals surface area contributed by atoms with E-state index in [4.69, 9.17) is 29.9 Å². The summed E-state index contributed by atoms with van der Waals surface area (Å²) in [6.07, 6.45) is 14.2. The first kappa shape index (κ1) is 40.4. The summed E-state index contributed by atoms with van der Waals surface area (Å²) in [5.74, 6) is -5.37. The smallest absolute Gasteiger partial charge is 0.336 e. The standard InChI is InChI=1S/C24H44O6.C6H8O7/c1-2-3-4-5-6-7-8-9-10-11-12-13-14-15-16-17-22(27)29-19-21(26)24-23(28)20(25)18-30-24;7-3(8)1-6(13,5(11)12)2-4(9)10/h9-10,20-21,23-26,28H,2-8,11-19H2,1H3;13H,1-2H2,(H,7,8)(H,9,10)(H,11,12)/b10-9-;/t20-,21+,23+,24+;/m0./s1. The van der Waals surface area contributed by atoms with Gasteiger partial charge in [-0.1, -0.05) is 70.4 Å². The van der Waals surface area contributed by atoms with Gasteiger partial charge in [0.2, 0.25) is 0 Å². The molecule has 0 aliphatic carbocycles. The topological polar surface area (TPSA) is 228 Å². The summed E-state index contributed by atoms with van der Waals surface area (Å²) in [5, 5.41) is 62.8. The molecule has 0 unspecified atom stereocenters. The van der Waals surface area contributed by atoms with Crippen molar-refractivity contribution in [3.05, 3.63) is 12.2 Å². The molecule has 7 N–H and O–H groups in total. The molecule has 0 aromatic rings. The first-order valence-electron chi connectivity index (χ1n) is 15.2. The molecule has 0 aromatic carbocycles. The summed E-state index contributed by atoms with van der Waals surface area (Å²) < 4.78 is 10.2. The monoisotopic (exact) mass is 620 g/mol. The molecule has 0 saturated carbocycles. The van der Waals surface area contributed by atoms with Gasteiger partial charge in [0.1, 0.15) is 31.0 Å². The predicted molar refractivity (Wildman–Crippen MR) is 155 cm³/mol. The van der Waals surface area contributed by atoms with Gasteiger partial charge in [0.25, 0.3) is 0 Å². The fourth-order valence-electron chi connectivity index (χ4n) is 4.36. The lowest BCUT2D eigenvalue weighted by Crippen LogP contribution is -2.42. The molecule has 1 rings (SSSR count). The second-order valence-corrected chi connectivity index (χ2v) is 10.9. The van der Waals surface area contributed by atoms with E-state index >= 15 is 0 Å². The largest absolute Gasteiger partial charge is 0.481 e. The number of ether oxygens (including phenoxy) is 2. The molecule has 1 aliphatic rings. The van der Waals surface area contributed by atoms with E-state index in [1.807, 2.05) is 0 Å². The number of aliphatic carboxylic acids is 3. The minimum absolute atomic E-state index is 0.0221. The lowest BCUT2D eigenvalue weighted by molar-refractivity contribution is -0.170. The van der Waals surface area contributed by atoms with Crippen LogP contribution in [0.2, 0.25) is 0 Å². The Labute approximate surface area is 253 Å². The van der Waals surface area contributed by atoms with Crippen molar-refractivity contribution in [1.29, 1.82) is 0 Å². The maximum absolute atomic E-state index is 11.7. The number of carboxylic acid groups (broad SMARTS) is 3. The van der Waals surface area contributed by atoms with Crippen LogP contribution in [0.5, 0.6) is 0 Å². The summed E-state index contributed by atoms with van der Waals surface area (Å²) in [6, 6.07) is 0. The Hall–Kier alpha value is -2.58. The van der Waals surface area contributed by atoms with Crippen molar-refractivity contribution in [3.63, 3.8) is 0 Å². The number of esters is 1. The van der Waals surface area contributed by atoms with Gasteiger partial charge in [-0.3, -0.25) is 14.4 Å². The molecule has 0 bridgehead atoms. The normalized spacial score (nSPS) is 19.0. The molecule has 4 atom stereocenters. The highest BCUT2D eigenvalue weighted by Crippen LogP contribution is 2.18. The number of carbonyl (C=O) groups excluding carboxylic acids is 1. The zero-order chi connectivity index (χ0) is 32.7. The number of hydrogen-bond acceptors (Lipinski definition) is 10. The highest BCUT2D eigenvalue weighted by atomic mass is 16.6. The van der Waals surface area contributed by atoms with Gasteiger partial charge < -0.3 is 45.2 Å². The number of carboxylic acids is 3. The van der Waals surface area contributed by atoms with Crippen molar-refractivity contribution >= 4 is 23.9 Å². The van der Waals surface area contributed by atoms with Crippen LogP contribution in [0.1, 0.15) is 110 Å². The number of allylic oxidation sites excluding steroid dienone is 2. The van der Waals surface area contributed by atoms with Gasteiger partial charge in [-0.05, 0) is 32.1 Å². The van der Waals surface area contributed by atoms with Crippen LogP contribution in [0.15, 0.2) is 12.2 Å². The van der Waals surface area contributed by atoms with E-state index in [1.54, 1.807) is 0 Å². The highest BCUT2D eigenvalue weighted by molar-refractivity contribution is 5.88. The van der Waals surface area contributed by atoms with Crippen molar-refractivity contribution < 1.29 is 64.4 Å². The first-order chi connectivity index (χ1) is 20.3. The fourth-order valence-corrected chi connectivity index (χ4v) is 4.36. The first-order valence-corrected chi connectivity index (χ1v) is 15.2. The molecular formula is C30H52O13. The quantitative estimate of drug-likeness (QED) is 0.0496. The zero-order valence-electron chi connectivity index (χ0n) is 25.3. The molecular weight excluding hydrogens is 568 g/mol. The van der Waals surface area contributed by atoms with Crippen LogP contribution in [-0.2, 0) is 28.7 Å². The number of carbonyl (C=O) groups is 4. The molecule has 250 valence electrons. The predicted octanol–water partition coefficient (Wildman–Crippen LogP) is 2.80. The molecule has 1 fully saturated rings. The van der Waals surface area contributed by atoms with Gasteiger partial charge >= 0.3 is 23.9 Å². The van der Waals surface area contributed by atoms with Crippen LogP contribution < -0.4 is 0 Å². The molecule has 0 aromatic heterocycles. The average Bonchev–Trinajstić information content (AvgIpc) is 3.26. The van der Waals surface area contributed by atoms with Crippen molar-refractivity contribution in [1.82, 2.24) is 0 Å². The van der Waals surface area contributed by atoms with Gasteiger partial charge in [-0.25, -0.2) is 4.79 Å². The van der Waals surface area contributed by atoms with E-state index in [0.29, 0.717) is 6.42 Å². The van der Waals surface area contributed by atoms with E-state index in [-0.39, 0.29) is 19.2 Å². The second kappa shape index (κ2) is 23.8. The number of unbranched alkanes of at least 4 members (excludes halogenated alkanes) is 11. The van der Waals surface area contributed by atoms with Gasteiger partial charge in [-0.15, -0.1) is 0 Å². The minimum atomic E-state index is -2.74. The van der Waals surface area contributed by atoms with Gasteiger partial charge in [0, 0.05) is 6.42 Å². The van der Waals surface area contributed by atoms with Crippen LogP contribution in [0.4, 0.5) is 0 Å². The molecule has 0 radical (unpaired) electrons. The maximum Gasteiger partial charge on any atom is 0.336 e. The number of aliphatic hydroxyl groups excluding tert-OH is 3. The molecule has 13 nitrogen and oxygen atoms in total. The van der Waals surface area contributed by atoms with E-state index < -0.39 is 60.8 Å². The van der Waals surface area contributed by atoms with Gasteiger partial charge in [-0.2, -0.15) is 0 Å². The van der Waals surface area contributed by atoms with E-state index in [2.05, 4.69) is 19.1 Å². The fraction of sp³-hybridized carbons (Fsp3) is 0.800. The van der Waals surface area contributed by atoms with E-state index in [0.717, 1.165) is 25.7 Å². The van der Waals surface area contributed by atoms with Crippen LogP contribution in [0, 0.1) is 0 Å². The van der Waals surface area contributed by atoms with Crippen LogP contribution >= 0.6 is 0 Å². The average molecular weight is 621 g/mol. The SMILES string of the molecule is CCCCCCCC/C=C\CCCCCCCC(=O)OC[C@@H](O)[C@H]1OC[C@H](O)[C@H]1O.O=C(O)CC(O)(CC(=O)O)C(=O)O. The Bertz CT molecular complexity index is 813. The Balaban J connectivity index is 0.00000114. The molecule has 0 spiro atoms. The third-order valence-corrected chi connectivity index (χ3v) is 6.91. The van der Waals surface area contributed by atoms with E-state index in [1.165, 1.54) is 57.8 Å². The van der Waals surface area contributed by atoms with Gasteiger partial charge in [0.05, 0.1) is 19.4 Å². The summed E-state index contributed by atoms with van der Waals surface area (Å²) in [6.45, 7) is 2.00. The van der Waals surface area contributed by atoms with Crippen LogP contribution in [0.3, 0.4) is 0 Å². The molecule has 43 heavy (non-hydrogen) atoms. The Morgan fingerprint density at radius 2 is 1.33 bits per heavy atom. The highest BCUT2D eigenvalue weighted by Gasteiger charge is 2.41. The van der Waals surface area contributed by atoms with Crippen LogP contribution in [0.25, 0.3) is 0 Å². The number of hydrogen-bond donors (Lipinski definition) is 7. The van der Waals surface area contributed by atoms with Crippen molar-refractivity contribution in [2.75, 3.05) is 13.2 Å². The summed E-state index contributed by atoms with van der Waals surface area (Å²) in [7, 11) is 0. The third kappa shape index (κ3) is 20.1. The summed E-state index contributed by atoms with van der Waals surface area (Å²) >= 11 is 0. The lowest BCUT2D eigenvalue weighted by atomic mass is 9.96. The van der Waals surface area contributed by atoms with Crippen LogP contribution in [-0.4, -0.2) is 103 Å². The summed E-state index contributed by atoms with van der Waals surface area (Å²) in [4.78, 5) is 42.2. The van der Waals surface area contributed by atoms with Crippen molar-refractivity contribution in [2.45, 2.75) is 140 Å². The Kier molecular flexibility index (Phi) is 22.4. The molecule has 1 aliphatic heterocycles. The van der Waals surface area contributed by atoms with Crippen molar-refractivity contribution in [3.8, 4) is 0 Å². The molecule has 1 heterocycles. The van der Waals surface area contributed by atoms with Gasteiger partial charge in [0.15, 0.2) is 5.60 Å². The lowest BCUT2D eigenvalue weighted by Gasteiger charge is -2.20. The Morgan fingerprint density at radius 3 is 1.77 bits per heavy atom. The number of aliphatic hydroxyl groups is 4. The van der Waals surface area contributed by atoms with Crippen molar-refractivity contribution in [2.24, 2.45) is 0 Å². The van der Waals surface area contributed by atoms with E-state index in [9.17, 15) is 34.5 Å². The Morgan fingerprint density at radius 1 is 0.837 bits per heavy atom. The second-order valence-electron chi connectivity index (χ2n) is 10.9. The zero-order valence-corrected chi connectivity index (χ0v) is 25.3. The molecule has 1 saturated heterocycles. The third-order valence-electron chi connectivity index (χ3n) is 6.91. The minimum Gasteiger partial charge on any atom is -0.481 e.